The van der Waals surface area contributed by atoms with Crippen LogP contribution in [0.3, 0.4) is 0 Å². The Morgan fingerprint density at radius 2 is 1.89 bits per heavy atom. The molecular weight excluding hydrogens is 337 g/mol. The third kappa shape index (κ3) is 3.25. The monoisotopic (exact) mass is 359 g/mol. The van der Waals surface area contributed by atoms with Crippen molar-refractivity contribution in [1.82, 2.24) is 4.98 Å². The van der Waals surface area contributed by atoms with E-state index in [1.165, 1.54) is 11.1 Å². The number of pyridine rings is 1. The van der Waals surface area contributed by atoms with Gasteiger partial charge in [0.05, 0.1) is 12.6 Å². The third-order valence-electron chi connectivity index (χ3n) is 5.18. The normalized spacial score (nSPS) is 16.8. The van der Waals surface area contributed by atoms with E-state index in [0.29, 0.717) is 11.5 Å². The zero-order valence-corrected chi connectivity index (χ0v) is 15.8. The van der Waals surface area contributed by atoms with E-state index in [4.69, 9.17) is 4.74 Å². The molecule has 0 spiro atoms. The van der Waals surface area contributed by atoms with Gasteiger partial charge >= 0.3 is 0 Å². The molecule has 136 valence electrons. The Labute approximate surface area is 159 Å². The third-order valence-corrected chi connectivity index (χ3v) is 5.18. The molecule has 4 rings (SSSR count). The number of allylic oxidation sites excluding steroid dienone is 4. The molecule has 27 heavy (non-hydrogen) atoms. The van der Waals surface area contributed by atoms with Crippen molar-refractivity contribution in [1.29, 1.82) is 0 Å². The van der Waals surface area contributed by atoms with Crippen LogP contribution in [-0.4, -0.2) is 12.1 Å². The maximum atomic E-state index is 13.8. The molecule has 1 aliphatic carbocycles. The van der Waals surface area contributed by atoms with Gasteiger partial charge in [-0.2, -0.15) is 0 Å². The summed E-state index contributed by atoms with van der Waals surface area (Å²) in [7, 11) is 1.68. The lowest BCUT2D eigenvalue weighted by atomic mass is 9.83. The van der Waals surface area contributed by atoms with Crippen molar-refractivity contribution in [2.24, 2.45) is 5.92 Å². The van der Waals surface area contributed by atoms with Gasteiger partial charge in [-0.1, -0.05) is 31.2 Å². The lowest BCUT2D eigenvalue weighted by Crippen LogP contribution is -2.03. The Morgan fingerprint density at radius 3 is 2.67 bits per heavy atom. The summed E-state index contributed by atoms with van der Waals surface area (Å²) in [5.74, 6) is 1.10. The average molecular weight is 359 g/mol. The molecule has 0 amide bonds. The number of nitrogens with zero attached hydrogens (tertiary/aromatic N) is 1. The van der Waals surface area contributed by atoms with Gasteiger partial charge in [0.25, 0.3) is 0 Å². The molecular formula is C24H22FNO. The molecule has 3 heteroatoms. The highest BCUT2D eigenvalue weighted by Crippen LogP contribution is 2.38. The molecule has 1 atom stereocenters. The summed E-state index contributed by atoms with van der Waals surface area (Å²) in [6.45, 7) is 4.02. The minimum absolute atomic E-state index is 0.165. The Morgan fingerprint density at radius 1 is 1.07 bits per heavy atom. The van der Waals surface area contributed by atoms with Crippen LogP contribution in [0, 0.1) is 18.7 Å². The second-order valence-electron chi connectivity index (χ2n) is 7.14. The number of rotatable bonds is 3. The highest BCUT2D eigenvalue weighted by molar-refractivity contribution is 5.99. The van der Waals surface area contributed by atoms with Crippen molar-refractivity contribution in [2.45, 2.75) is 20.3 Å². The standard InChI is InChI=1S/C24H22FNO/c1-15-4-7-19(20(12-15)17-5-8-22(25)16(2)13-17)18-6-9-23-21(14-18)24(27-3)10-11-26-23/h4-11,13-15H,12H2,1-3H3. The van der Waals surface area contributed by atoms with Crippen molar-refractivity contribution in [2.75, 3.05) is 7.11 Å². The summed E-state index contributed by atoms with van der Waals surface area (Å²) in [5, 5.41) is 0.992. The number of hydrogen-bond acceptors (Lipinski definition) is 2. The molecule has 0 radical (unpaired) electrons. The number of halogens is 1. The molecule has 1 heterocycles. The molecule has 0 N–H and O–H groups in total. The van der Waals surface area contributed by atoms with Crippen LogP contribution in [0.2, 0.25) is 0 Å². The Bertz CT molecular complexity index is 1080. The fraction of sp³-hybridized carbons (Fsp3) is 0.208. The van der Waals surface area contributed by atoms with Gasteiger partial charge in [0.15, 0.2) is 0 Å². The van der Waals surface area contributed by atoms with Gasteiger partial charge in [-0.05, 0) is 77.4 Å². The molecule has 0 bridgehead atoms. The molecule has 0 fully saturated rings. The molecule has 3 aromatic rings. The van der Waals surface area contributed by atoms with Crippen molar-refractivity contribution < 1.29 is 9.13 Å². The van der Waals surface area contributed by atoms with Crippen LogP contribution < -0.4 is 4.74 Å². The van der Waals surface area contributed by atoms with Crippen LogP contribution in [0.15, 0.2) is 60.8 Å². The Kier molecular flexibility index (Phi) is 4.53. The zero-order valence-electron chi connectivity index (χ0n) is 15.8. The van der Waals surface area contributed by atoms with Crippen molar-refractivity contribution in [3.05, 3.63) is 83.3 Å². The van der Waals surface area contributed by atoms with Gasteiger partial charge in [-0.25, -0.2) is 4.39 Å². The number of methoxy groups -OCH3 is 1. The summed E-state index contributed by atoms with van der Waals surface area (Å²) in [6.07, 6.45) is 7.11. The van der Waals surface area contributed by atoms with E-state index in [1.807, 2.05) is 31.2 Å². The van der Waals surface area contributed by atoms with E-state index >= 15 is 0 Å². The first-order valence-corrected chi connectivity index (χ1v) is 9.18. The maximum absolute atomic E-state index is 13.8. The molecule has 1 aliphatic rings. The van der Waals surface area contributed by atoms with Gasteiger partial charge < -0.3 is 4.74 Å². The maximum Gasteiger partial charge on any atom is 0.129 e. The second-order valence-corrected chi connectivity index (χ2v) is 7.14. The van der Waals surface area contributed by atoms with Crippen LogP contribution in [0.5, 0.6) is 5.75 Å². The molecule has 0 saturated heterocycles. The number of hydrogen-bond donors (Lipinski definition) is 0. The fourth-order valence-electron chi connectivity index (χ4n) is 3.70. The summed E-state index contributed by atoms with van der Waals surface area (Å²) in [6, 6.07) is 13.5. The van der Waals surface area contributed by atoms with Crippen LogP contribution in [-0.2, 0) is 0 Å². The predicted octanol–water partition coefficient (Wildman–Crippen LogP) is 6.20. The molecule has 1 unspecified atom stereocenters. The number of aryl methyl sites for hydroxylation is 1. The lowest BCUT2D eigenvalue weighted by molar-refractivity contribution is 0.419. The van der Waals surface area contributed by atoms with Gasteiger partial charge in [-0.15, -0.1) is 0 Å². The number of benzene rings is 2. The SMILES string of the molecule is COc1ccnc2ccc(C3=C(c4ccc(F)c(C)c4)CC(C)C=C3)cc12. The molecule has 0 saturated carbocycles. The highest BCUT2D eigenvalue weighted by Gasteiger charge is 2.18. The highest BCUT2D eigenvalue weighted by atomic mass is 19.1. The average Bonchev–Trinajstić information content (AvgIpc) is 2.69. The molecule has 2 aromatic carbocycles. The summed E-state index contributed by atoms with van der Waals surface area (Å²) in [5.41, 5.74) is 6.20. The quantitative estimate of drug-likeness (QED) is 0.555. The fourth-order valence-corrected chi connectivity index (χ4v) is 3.70. The number of aromatic nitrogens is 1. The minimum Gasteiger partial charge on any atom is -0.496 e. The Hall–Kier alpha value is -2.94. The van der Waals surface area contributed by atoms with E-state index in [-0.39, 0.29) is 5.82 Å². The topological polar surface area (TPSA) is 22.1 Å². The lowest BCUT2D eigenvalue weighted by Gasteiger charge is -2.22. The largest absolute Gasteiger partial charge is 0.496 e. The van der Waals surface area contributed by atoms with Crippen LogP contribution >= 0.6 is 0 Å². The molecule has 1 aromatic heterocycles. The molecule has 2 nitrogen and oxygen atoms in total. The van der Waals surface area contributed by atoms with Gasteiger partial charge in [0.1, 0.15) is 11.6 Å². The van der Waals surface area contributed by atoms with E-state index < -0.39 is 0 Å². The van der Waals surface area contributed by atoms with Gasteiger partial charge in [0.2, 0.25) is 0 Å². The van der Waals surface area contributed by atoms with E-state index in [9.17, 15) is 4.39 Å². The van der Waals surface area contributed by atoms with E-state index in [0.717, 1.165) is 34.2 Å². The smallest absolute Gasteiger partial charge is 0.129 e. The summed E-state index contributed by atoms with van der Waals surface area (Å²) in [4.78, 5) is 4.43. The predicted molar refractivity (Wildman–Crippen MR) is 109 cm³/mol. The summed E-state index contributed by atoms with van der Waals surface area (Å²) < 4.78 is 19.3. The van der Waals surface area contributed by atoms with Crippen LogP contribution in [0.1, 0.15) is 30.0 Å². The van der Waals surface area contributed by atoms with E-state index in [2.05, 4.69) is 36.2 Å². The first-order chi connectivity index (χ1) is 13.1. The first kappa shape index (κ1) is 17.5. The zero-order chi connectivity index (χ0) is 19.0. The van der Waals surface area contributed by atoms with Crippen LogP contribution in [0.4, 0.5) is 4.39 Å². The van der Waals surface area contributed by atoms with Gasteiger partial charge in [-0.3, -0.25) is 4.98 Å². The second kappa shape index (κ2) is 6.99. The van der Waals surface area contributed by atoms with Crippen molar-refractivity contribution in [3.63, 3.8) is 0 Å². The number of ether oxygens (including phenoxy) is 1. The Balaban J connectivity index is 1.91. The van der Waals surface area contributed by atoms with Crippen LogP contribution in [0.25, 0.3) is 22.0 Å². The first-order valence-electron chi connectivity index (χ1n) is 9.18. The van der Waals surface area contributed by atoms with Crippen molar-refractivity contribution >= 4 is 22.0 Å². The van der Waals surface area contributed by atoms with E-state index in [1.54, 1.807) is 19.4 Å². The molecule has 0 aliphatic heterocycles. The minimum atomic E-state index is -0.165. The van der Waals surface area contributed by atoms with Crippen molar-refractivity contribution in [3.8, 4) is 5.75 Å². The van der Waals surface area contributed by atoms with Gasteiger partial charge in [0, 0.05) is 11.6 Å². The number of fused-ring (bicyclic) bond motifs is 1. The summed E-state index contributed by atoms with van der Waals surface area (Å²) >= 11 is 0.